The molecule has 1 aromatic heterocycles. The third-order valence-electron chi connectivity index (χ3n) is 4.40. The number of carbonyl (C=O) groups excluding carboxylic acids is 2. The summed E-state index contributed by atoms with van der Waals surface area (Å²) in [5.74, 6) is 0.584. The van der Waals surface area contributed by atoms with Crippen molar-refractivity contribution in [2.75, 3.05) is 5.32 Å². The summed E-state index contributed by atoms with van der Waals surface area (Å²) in [6.45, 7) is 0. The third-order valence-corrected chi connectivity index (χ3v) is 5.84. The number of primary amides is 2. The molecule has 7 heteroatoms. The number of amides is 3. The maximum absolute atomic E-state index is 11.7. The van der Waals surface area contributed by atoms with Gasteiger partial charge in [0.15, 0.2) is 0 Å². The molecule has 0 saturated heterocycles. The molecule has 128 valence electrons. The molecule has 0 radical (unpaired) electrons. The summed E-state index contributed by atoms with van der Waals surface area (Å²) in [7, 11) is 0. The van der Waals surface area contributed by atoms with Crippen LogP contribution in [-0.4, -0.2) is 22.2 Å². The Morgan fingerprint density at radius 3 is 2.62 bits per heavy atom. The minimum Gasteiger partial charge on any atom is -0.365 e. The lowest BCUT2D eigenvalue weighted by molar-refractivity contribution is 0.100. The Morgan fingerprint density at radius 2 is 1.96 bits per heavy atom. The van der Waals surface area contributed by atoms with Gasteiger partial charge in [-0.3, -0.25) is 10.1 Å². The first-order valence-electron chi connectivity index (χ1n) is 8.17. The second-order valence-electron chi connectivity index (χ2n) is 6.18. The minimum atomic E-state index is -0.739. The van der Waals surface area contributed by atoms with Gasteiger partial charge in [0.05, 0.1) is 5.56 Å². The number of benzene rings is 1. The Morgan fingerprint density at radius 1 is 1.21 bits per heavy atom. The molecule has 3 rings (SSSR count). The van der Waals surface area contributed by atoms with E-state index in [4.69, 9.17) is 11.5 Å². The van der Waals surface area contributed by atoms with Gasteiger partial charge < -0.3 is 16.5 Å². The molecule has 1 fully saturated rings. The quantitative estimate of drug-likeness (QED) is 0.665. The average Bonchev–Trinajstić information content (AvgIpc) is 2.90. The molecular formula is C17H22N4O2S. The molecule has 0 unspecified atom stereocenters. The number of hydrogen-bond acceptors (Lipinski definition) is 3. The molecule has 0 bridgehead atoms. The van der Waals surface area contributed by atoms with E-state index in [0.717, 1.165) is 16.5 Å². The summed E-state index contributed by atoms with van der Waals surface area (Å²) >= 11 is 1.99. The van der Waals surface area contributed by atoms with Crippen LogP contribution in [0.15, 0.2) is 18.2 Å². The van der Waals surface area contributed by atoms with Gasteiger partial charge in [-0.1, -0.05) is 31.4 Å². The first-order valence-corrected chi connectivity index (χ1v) is 9.22. The highest BCUT2D eigenvalue weighted by atomic mass is 32.2. The Kier molecular flexibility index (Phi) is 4.99. The van der Waals surface area contributed by atoms with Gasteiger partial charge in [0, 0.05) is 21.9 Å². The highest BCUT2D eigenvalue weighted by Gasteiger charge is 2.18. The normalized spacial score (nSPS) is 15.5. The lowest BCUT2D eigenvalue weighted by Crippen LogP contribution is -2.22. The molecule has 1 heterocycles. The summed E-state index contributed by atoms with van der Waals surface area (Å²) in [5, 5.41) is 3.86. The number of anilines is 1. The molecule has 2 aromatic rings. The van der Waals surface area contributed by atoms with Gasteiger partial charge in [0.2, 0.25) is 0 Å². The number of urea groups is 1. The van der Waals surface area contributed by atoms with Gasteiger partial charge in [-0.05, 0) is 24.5 Å². The summed E-state index contributed by atoms with van der Waals surface area (Å²) in [5.41, 5.74) is 12.8. The summed E-state index contributed by atoms with van der Waals surface area (Å²) < 4.78 is 0. The summed E-state index contributed by atoms with van der Waals surface area (Å²) in [6, 6.07) is 5.14. The van der Waals surface area contributed by atoms with E-state index in [9.17, 15) is 9.59 Å². The Bertz CT molecular complexity index is 765. The molecule has 0 atom stereocenters. The maximum Gasteiger partial charge on any atom is 0.317 e. The van der Waals surface area contributed by atoms with Gasteiger partial charge in [0.25, 0.3) is 5.91 Å². The van der Waals surface area contributed by atoms with Crippen molar-refractivity contribution in [1.29, 1.82) is 0 Å². The second kappa shape index (κ2) is 7.17. The molecule has 3 amide bonds. The minimum absolute atomic E-state index is 0.252. The number of nitrogens with one attached hydrogen (secondary N) is 2. The molecular weight excluding hydrogens is 324 g/mol. The van der Waals surface area contributed by atoms with Crippen molar-refractivity contribution in [2.45, 2.75) is 43.1 Å². The number of thioether (sulfide) groups is 1. The standard InChI is InChI=1S/C17H22N4O2S/c18-15(22)14-12-7-6-10(9-24-11-4-2-1-3-5-11)8-13(12)20-16(14)21-17(19)23/h6-8,11,20H,1-5,9H2,(H2,18,22)(H3,19,21,23). The Labute approximate surface area is 144 Å². The predicted molar refractivity (Wildman–Crippen MR) is 98.2 cm³/mol. The van der Waals surface area contributed by atoms with Crippen LogP contribution in [0.1, 0.15) is 48.0 Å². The number of fused-ring (bicyclic) bond motifs is 1. The predicted octanol–water partition coefficient (Wildman–Crippen LogP) is 3.32. The van der Waals surface area contributed by atoms with Crippen molar-refractivity contribution < 1.29 is 9.59 Å². The monoisotopic (exact) mass is 346 g/mol. The first kappa shape index (κ1) is 16.7. The van der Waals surface area contributed by atoms with Gasteiger partial charge in [0.1, 0.15) is 5.82 Å². The summed E-state index contributed by atoms with van der Waals surface area (Å²) in [4.78, 5) is 25.8. The van der Waals surface area contributed by atoms with Crippen LogP contribution in [0.25, 0.3) is 10.9 Å². The van der Waals surface area contributed by atoms with Crippen molar-refractivity contribution in [3.05, 3.63) is 29.3 Å². The van der Waals surface area contributed by atoms with Crippen LogP contribution < -0.4 is 16.8 Å². The molecule has 0 spiro atoms. The van der Waals surface area contributed by atoms with Crippen LogP contribution in [0.3, 0.4) is 0 Å². The number of carbonyl (C=O) groups is 2. The molecule has 1 aromatic carbocycles. The molecule has 1 aliphatic rings. The van der Waals surface area contributed by atoms with E-state index in [-0.39, 0.29) is 11.4 Å². The van der Waals surface area contributed by atoms with E-state index in [1.54, 1.807) is 0 Å². The van der Waals surface area contributed by atoms with E-state index < -0.39 is 11.9 Å². The third kappa shape index (κ3) is 3.67. The largest absolute Gasteiger partial charge is 0.365 e. The number of rotatable bonds is 5. The van der Waals surface area contributed by atoms with Gasteiger partial charge in [-0.15, -0.1) is 0 Å². The maximum atomic E-state index is 11.7. The molecule has 6 N–H and O–H groups in total. The average molecular weight is 346 g/mol. The topological polar surface area (TPSA) is 114 Å². The fraction of sp³-hybridized carbons (Fsp3) is 0.412. The van der Waals surface area contributed by atoms with Crippen molar-refractivity contribution in [2.24, 2.45) is 11.5 Å². The lowest BCUT2D eigenvalue weighted by Gasteiger charge is -2.20. The van der Waals surface area contributed by atoms with Crippen LogP contribution in [0.5, 0.6) is 0 Å². The fourth-order valence-electron chi connectivity index (χ4n) is 3.25. The molecule has 6 nitrogen and oxygen atoms in total. The SMILES string of the molecule is NC(=O)Nc1[nH]c2cc(CSC3CCCCC3)ccc2c1C(N)=O. The first-order chi connectivity index (χ1) is 11.5. The van der Waals surface area contributed by atoms with E-state index >= 15 is 0 Å². The number of nitrogens with two attached hydrogens (primary N) is 2. The van der Waals surface area contributed by atoms with Crippen molar-refractivity contribution in [3.8, 4) is 0 Å². The summed E-state index contributed by atoms with van der Waals surface area (Å²) in [6.07, 6.45) is 6.62. The second-order valence-corrected chi connectivity index (χ2v) is 7.47. The van der Waals surface area contributed by atoms with Crippen molar-refractivity contribution >= 4 is 40.4 Å². The van der Waals surface area contributed by atoms with E-state index in [0.29, 0.717) is 5.39 Å². The lowest BCUT2D eigenvalue weighted by atomic mass is 10.0. The van der Waals surface area contributed by atoms with E-state index in [1.165, 1.54) is 37.7 Å². The van der Waals surface area contributed by atoms with Crippen molar-refractivity contribution in [1.82, 2.24) is 4.98 Å². The number of H-pyrrole nitrogens is 1. The number of aromatic amines is 1. The number of aromatic nitrogens is 1. The molecule has 1 saturated carbocycles. The smallest absolute Gasteiger partial charge is 0.317 e. The zero-order valence-corrected chi connectivity index (χ0v) is 14.2. The van der Waals surface area contributed by atoms with Crippen LogP contribution in [0.4, 0.5) is 10.6 Å². The zero-order chi connectivity index (χ0) is 17.1. The molecule has 1 aliphatic carbocycles. The highest BCUT2D eigenvalue weighted by Crippen LogP contribution is 2.32. The van der Waals surface area contributed by atoms with Crippen LogP contribution in [-0.2, 0) is 5.75 Å². The van der Waals surface area contributed by atoms with Crippen LogP contribution in [0.2, 0.25) is 0 Å². The van der Waals surface area contributed by atoms with Gasteiger partial charge >= 0.3 is 6.03 Å². The molecule has 24 heavy (non-hydrogen) atoms. The zero-order valence-electron chi connectivity index (χ0n) is 13.4. The fourth-order valence-corrected chi connectivity index (χ4v) is 4.53. The van der Waals surface area contributed by atoms with Crippen LogP contribution in [0, 0.1) is 0 Å². The van der Waals surface area contributed by atoms with Gasteiger partial charge in [-0.25, -0.2) is 4.79 Å². The Hall–Kier alpha value is -2.15. The van der Waals surface area contributed by atoms with E-state index in [1.807, 2.05) is 30.0 Å². The Balaban J connectivity index is 1.82. The van der Waals surface area contributed by atoms with Crippen LogP contribution >= 0.6 is 11.8 Å². The number of hydrogen-bond donors (Lipinski definition) is 4. The van der Waals surface area contributed by atoms with E-state index in [2.05, 4.69) is 10.3 Å². The molecule has 0 aliphatic heterocycles. The van der Waals surface area contributed by atoms with Gasteiger partial charge in [-0.2, -0.15) is 11.8 Å². The highest BCUT2D eigenvalue weighted by molar-refractivity contribution is 7.99. The van der Waals surface area contributed by atoms with Crippen molar-refractivity contribution in [3.63, 3.8) is 0 Å².